The van der Waals surface area contributed by atoms with E-state index in [1.807, 2.05) is 31.2 Å². The molecule has 1 saturated carbocycles. The fourth-order valence-corrected chi connectivity index (χ4v) is 2.94. The number of likely N-dealkylation sites (tertiary alicyclic amines) is 1. The van der Waals surface area contributed by atoms with Crippen molar-refractivity contribution in [2.24, 2.45) is 0 Å². The first-order chi connectivity index (χ1) is 10.1. The molecule has 1 aromatic carbocycles. The van der Waals surface area contributed by atoms with Crippen LogP contribution >= 0.6 is 0 Å². The molecule has 1 aliphatic heterocycles. The van der Waals surface area contributed by atoms with Crippen LogP contribution in [-0.2, 0) is 16.0 Å². The maximum atomic E-state index is 12.5. The van der Waals surface area contributed by atoms with E-state index in [0.29, 0.717) is 19.0 Å². The van der Waals surface area contributed by atoms with Crippen molar-refractivity contribution in [3.8, 4) is 0 Å². The molecule has 1 N–H and O–H groups in total. The molecule has 3 rings (SSSR count). The van der Waals surface area contributed by atoms with Crippen LogP contribution in [0, 0.1) is 6.92 Å². The molecule has 0 spiro atoms. The number of amides is 2. The van der Waals surface area contributed by atoms with Gasteiger partial charge in [-0.1, -0.05) is 24.3 Å². The lowest BCUT2D eigenvalue weighted by molar-refractivity contribution is -0.138. The van der Waals surface area contributed by atoms with Crippen molar-refractivity contribution >= 4 is 11.8 Å². The quantitative estimate of drug-likeness (QED) is 0.917. The number of hydrogen-bond donors (Lipinski definition) is 1. The molecule has 2 fully saturated rings. The Hall–Kier alpha value is -1.84. The first kappa shape index (κ1) is 14.1. The standard InChI is InChI=1S/C17H22N2O2/c1-12-5-2-3-6-13(12)11-16(20)19-10-4-7-15(19)17(21)18-14-8-9-14/h2-3,5-6,14-15H,4,7-11H2,1H3,(H,18,21). The van der Waals surface area contributed by atoms with Gasteiger partial charge >= 0.3 is 0 Å². The highest BCUT2D eigenvalue weighted by Crippen LogP contribution is 2.23. The van der Waals surface area contributed by atoms with E-state index in [-0.39, 0.29) is 17.9 Å². The second-order valence-electron chi connectivity index (χ2n) is 6.13. The molecule has 1 aromatic rings. The molecule has 2 amide bonds. The van der Waals surface area contributed by atoms with E-state index in [1.165, 1.54) is 0 Å². The Kier molecular flexibility index (Phi) is 3.95. The second kappa shape index (κ2) is 5.88. The van der Waals surface area contributed by atoms with Crippen LogP contribution in [0.2, 0.25) is 0 Å². The molecule has 4 nitrogen and oxygen atoms in total. The summed E-state index contributed by atoms with van der Waals surface area (Å²) in [6.07, 6.45) is 4.26. The molecular weight excluding hydrogens is 264 g/mol. The number of aryl methyl sites for hydroxylation is 1. The SMILES string of the molecule is Cc1ccccc1CC(=O)N1CCCC1C(=O)NC1CC1. The van der Waals surface area contributed by atoms with Crippen molar-refractivity contribution in [3.05, 3.63) is 35.4 Å². The molecule has 1 heterocycles. The minimum absolute atomic E-state index is 0.0353. The monoisotopic (exact) mass is 286 g/mol. The van der Waals surface area contributed by atoms with E-state index in [4.69, 9.17) is 0 Å². The van der Waals surface area contributed by atoms with Crippen molar-refractivity contribution in [1.29, 1.82) is 0 Å². The zero-order valence-electron chi connectivity index (χ0n) is 12.5. The van der Waals surface area contributed by atoms with Crippen molar-refractivity contribution in [3.63, 3.8) is 0 Å². The third-order valence-corrected chi connectivity index (χ3v) is 4.40. The van der Waals surface area contributed by atoms with E-state index >= 15 is 0 Å². The molecule has 0 bridgehead atoms. The van der Waals surface area contributed by atoms with Crippen molar-refractivity contribution in [2.45, 2.75) is 51.1 Å². The number of carbonyl (C=O) groups is 2. The smallest absolute Gasteiger partial charge is 0.243 e. The summed E-state index contributed by atoms with van der Waals surface area (Å²) in [5.74, 6) is 0.103. The third kappa shape index (κ3) is 3.26. The number of nitrogens with zero attached hydrogens (tertiary/aromatic N) is 1. The van der Waals surface area contributed by atoms with E-state index in [2.05, 4.69) is 5.32 Å². The van der Waals surface area contributed by atoms with Crippen LogP contribution in [0.4, 0.5) is 0 Å². The maximum absolute atomic E-state index is 12.5. The Morgan fingerprint density at radius 2 is 2.00 bits per heavy atom. The Morgan fingerprint density at radius 1 is 1.24 bits per heavy atom. The predicted molar refractivity (Wildman–Crippen MR) is 80.8 cm³/mol. The normalized spacial score (nSPS) is 21.4. The van der Waals surface area contributed by atoms with Gasteiger partial charge in [-0.15, -0.1) is 0 Å². The predicted octanol–water partition coefficient (Wildman–Crippen LogP) is 1.81. The summed E-state index contributed by atoms with van der Waals surface area (Å²) < 4.78 is 0. The maximum Gasteiger partial charge on any atom is 0.243 e. The van der Waals surface area contributed by atoms with Crippen molar-refractivity contribution in [2.75, 3.05) is 6.54 Å². The first-order valence-electron chi connectivity index (χ1n) is 7.79. The van der Waals surface area contributed by atoms with Crippen LogP contribution in [-0.4, -0.2) is 35.3 Å². The van der Waals surface area contributed by atoms with Crippen LogP contribution < -0.4 is 5.32 Å². The van der Waals surface area contributed by atoms with Crippen LogP contribution in [0.1, 0.15) is 36.8 Å². The molecule has 1 unspecified atom stereocenters. The average molecular weight is 286 g/mol. The molecule has 0 aromatic heterocycles. The van der Waals surface area contributed by atoms with Gasteiger partial charge in [-0.2, -0.15) is 0 Å². The molecule has 1 aliphatic carbocycles. The summed E-state index contributed by atoms with van der Waals surface area (Å²) in [6.45, 7) is 2.72. The molecule has 2 aliphatic rings. The van der Waals surface area contributed by atoms with E-state index in [0.717, 1.165) is 36.8 Å². The molecule has 1 saturated heterocycles. The second-order valence-corrected chi connectivity index (χ2v) is 6.13. The molecule has 4 heteroatoms. The summed E-state index contributed by atoms with van der Waals surface area (Å²) >= 11 is 0. The zero-order chi connectivity index (χ0) is 14.8. The summed E-state index contributed by atoms with van der Waals surface area (Å²) in [6, 6.07) is 8.03. The largest absolute Gasteiger partial charge is 0.352 e. The Labute approximate surface area is 125 Å². The van der Waals surface area contributed by atoms with Gasteiger partial charge in [0.2, 0.25) is 11.8 Å². The lowest BCUT2D eigenvalue weighted by atomic mass is 10.0. The van der Waals surface area contributed by atoms with Crippen molar-refractivity contribution < 1.29 is 9.59 Å². The Morgan fingerprint density at radius 3 is 2.71 bits per heavy atom. The molecule has 21 heavy (non-hydrogen) atoms. The molecular formula is C17H22N2O2. The van der Waals surface area contributed by atoms with E-state index in [1.54, 1.807) is 4.90 Å². The fraction of sp³-hybridized carbons (Fsp3) is 0.529. The van der Waals surface area contributed by atoms with Gasteiger partial charge in [0.15, 0.2) is 0 Å². The topological polar surface area (TPSA) is 49.4 Å². The van der Waals surface area contributed by atoms with Gasteiger partial charge in [0.1, 0.15) is 6.04 Å². The number of benzene rings is 1. The molecule has 1 atom stereocenters. The van der Waals surface area contributed by atoms with E-state index < -0.39 is 0 Å². The van der Waals surface area contributed by atoms with Crippen LogP contribution in [0.15, 0.2) is 24.3 Å². The van der Waals surface area contributed by atoms with Gasteiger partial charge < -0.3 is 10.2 Å². The fourth-order valence-electron chi connectivity index (χ4n) is 2.94. The van der Waals surface area contributed by atoms with E-state index in [9.17, 15) is 9.59 Å². The van der Waals surface area contributed by atoms with Gasteiger partial charge in [-0.25, -0.2) is 0 Å². The highest BCUT2D eigenvalue weighted by atomic mass is 16.2. The number of carbonyl (C=O) groups excluding carboxylic acids is 2. The summed E-state index contributed by atoms with van der Waals surface area (Å²) in [4.78, 5) is 26.5. The Balaban J connectivity index is 1.65. The third-order valence-electron chi connectivity index (χ3n) is 4.40. The minimum Gasteiger partial charge on any atom is -0.352 e. The Bertz CT molecular complexity index is 551. The zero-order valence-corrected chi connectivity index (χ0v) is 12.5. The minimum atomic E-state index is -0.262. The average Bonchev–Trinajstić information content (AvgIpc) is 3.14. The van der Waals surface area contributed by atoms with Gasteiger partial charge in [0.25, 0.3) is 0 Å². The lowest BCUT2D eigenvalue weighted by Crippen LogP contribution is -2.47. The first-order valence-corrected chi connectivity index (χ1v) is 7.79. The lowest BCUT2D eigenvalue weighted by Gasteiger charge is -2.24. The summed E-state index contributed by atoms with van der Waals surface area (Å²) in [5.41, 5.74) is 2.18. The van der Waals surface area contributed by atoms with Crippen LogP contribution in [0.25, 0.3) is 0 Å². The van der Waals surface area contributed by atoms with Gasteiger partial charge in [-0.3, -0.25) is 9.59 Å². The molecule has 112 valence electrons. The van der Waals surface area contributed by atoms with Crippen molar-refractivity contribution in [1.82, 2.24) is 10.2 Å². The van der Waals surface area contributed by atoms with Crippen LogP contribution in [0.5, 0.6) is 0 Å². The number of rotatable bonds is 4. The summed E-state index contributed by atoms with van der Waals surface area (Å²) in [5, 5.41) is 3.02. The highest BCUT2D eigenvalue weighted by molar-refractivity contribution is 5.89. The van der Waals surface area contributed by atoms with Gasteiger partial charge in [0, 0.05) is 12.6 Å². The highest BCUT2D eigenvalue weighted by Gasteiger charge is 2.36. The number of nitrogens with one attached hydrogen (secondary N) is 1. The van der Waals surface area contributed by atoms with Gasteiger partial charge in [-0.05, 0) is 43.7 Å². The summed E-state index contributed by atoms with van der Waals surface area (Å²) in [7, 11) is 0. The van der Waals surface area contributed by atoms with Crippen LogP contribution in [0.3, 0.4) is 0 Å². The molecule has 0 radical (unpaired) electrons. The number of hydrogen-bond acceptors (Lipinski definition) is 2. The van der Waals surface area contributed by atoms with Gasteiger partial charge in [0.05, 0.1) is 6.42 Å².